The summed E-state index contributed by atoms with van der Waals surface area (Å²) in [7, 11) is 0. The van der Waals surface area contributed by atoms with Gasteiger partial charge in [0, 0.05) is 23.4 Å². The summed E-state index contributed by atoms with van der Waals surface area (Å²) < 4.78 is 5.17. The number of anilines is 1. The molecule has 1 aromatic carbocycles. The number of hydrogen-bond donors (Lipinski definition) is 2. The van der Waals surface area contributed by atoms with Crippen molar-refractivity contribution in [2.75, 3.05) is 23.6 Å². The van der Waals surface area contributed by atoms with Crippen molar-refractivity contribution < 1.29 is 9.53 Å². The standard InChI is InChI=1S/C12H13N3O2S/c13-4-5-17-10-3-1-2-9(6-10)15-12(16)11-7-18-8-14-11/h1-3,6,11,14H,5,7-8H2,(H,15,16). The average Bonchev–Trinajstić information content (AvgIpc) is 2.91. The molecule has 1 aliphatic rings. The topological polar surface area (TPSA) is 74.1 Å². The van der Waals surface area contributed by atoms with Crippen molar-refractivity contribution in [2.24, 2.45) is 0 Å². The minimum Gasteiger partial charge on any atom is -0.479 e. The van der Waals surface area contributed by atoms with E-state index in [1.165, 1.54) is 0 Å². The van der Waals surface area contributed by atoms with Crippen LogP contribution in [0.15, 0.2) is 24.3 Å². The van der Waals surface area contributed by atoms with Gasteiger partial charge >= 0.3 is 0 Å². The Bertz CT molecular complexity index is 467. The number of nitriles is 1. The highest BCUT2D eigenvalue weighted by Crippen LogP contribution is 2.18. The molecular weight excluding hydrogens is 250 g/mol. The Morgan fingerprint density at radius 2 is 2.56 bits per heavy atom. The number of amides is 1. The molecule has 94 valence electrons. The largest absolute Gasteiger partial charge is 0.479 e. The van der Waals surface area contributed by atoms with Gasteiger partial charge in [0.1, 0.15) is 11.8 Å². The van der Waals surface area contributed by atoms with Crippen LogP contribution in [0.2, 0.25) is 0 Å². The number of hydrogen-bond acceptors (Lipinski definition) is 5. The van der Waals surface area contributed by atoms with E-state index >= 15 is 0 Å². The maximum absolute atomic E-state index is 11.9. The Morgan fingerprint density at radius 1 is 1.67 bits per heavy atom. The zero-order chi connectivity index (χ0) is 12.8. The number of nitrogens with zero attached hydrogens (tertiary/aromatic N) is 1. The van der Waals surface area contributed by atoms with Gasteiger partial charge in [-0.1, -0.05) is 6.07 Å². The van der Waals surface area contributed by atoms with Gasteiger partial charge in [0.05, 0.1) is 6.04 Å². The second-order valence-electron chi connectivity index (χ2n) is 3.74. The van der Waals surface area contributed by atoms with E-state index in [1.54, 1.807) is 36.0 Å². The summed E-state index contributed by atoms with van der Waals surface area (Å²) >= 11 is 1.70. The number of ether oxygens (including phenoxy) is 1. The highest BCUT2D eigenvalue weighted by Gasteiger charge is 2.22. The van der Waals surface area contributed by atoms with Gasteiger partial charge in [-0.3, -0.25) is 10.1 Å². The number of carbonyl (C=O) groups is 1. The van der Waals surface area contributed by atoms with Crippen LogP contribution in [0.1, 0.15) is 0 Å². The molecule has 0 aliphatic carbocycles. The van der Waals surface area contributed by atoms with E-state index in [2.05, 4.69) is 10.6 Å². The zero-order valence-electron chi connectivity index (χ0n) is 9.68. The van der Waals surface area contributed by atoms with Gasteiger partial charge in [-0.2, -0.15) is 5.26 Å². The Labute approximate surface area is 110 Å². The molecule has 1 saturated heterocycles. The third-order valence-corrected chi connectivity index (χ3v) is 3.38. The maximum Gasteiger partial charge on any atom is 0.242 e. The smallest absolute Gasteiger partial charge is 0.242 e. The van der Waals surface area contributed by atoms with Gasteiger partial charge in [-0.15, -0.1) is 11.8 Å². The number of benzene rings is 1. The Kier molecular flexibility index (Phi) is 4.45. The fourth-order valence-electron chi connectivity index (χ4n) is 1.57. The first-order valence-corrected chi connectivity index (χ1v) is 6.67. The van der Waals surface area contributed by atoms with Crippen molar-refractivity contribution in [3.8, 4) is 11.8 Å². The van der Waals surface area contributed by atoms with E-state index in [0.717, 1.165) is 11.6 Å². The normalized spacial score (nSPS) is 18.1. The number of rotatable bonds is 4. The van der Waals surface area contributed by atoms with Crippen LogP contribution in [-0.2, 0) is 4.79 Å². The SMILES string of the molecule is N#CCOc1cccc(NC(=O)C2CSCN2)c1. The predicted molar refractivity (Wildman–Crippen MR) is 70.4 cm³/mol. The third kappa shape index (κ3) is 3.39. The highest BCUT2D eigenvalue weighted by atomic mass is 32.2. The minimum atomic E-state index is -0.140. The van der Waals surface area contributed by atoms with Crippen molar-refractivity contribution in [3.63, 3.8) is 0 Å². The van der Waals surface area contributed by atoms with Crippen molar-refractivity contribution in [1.29, 1.82) is 5.26 Å². The van der Waals surface area contributed by atoms with E-state index in [9.17, 15) is 4.79 Å². The van der Waals surface area contributed by atoms with E-state index in [4.69, 9.17) is 10.00 Å². The molecule has 0 aromatic heterocycles. The lowest BCUT2D eigenvalue weighted by molar-refractivity contribution is -0.117. The summed E-state index contributed by atoms with van der Waals surface area (Å²) in [5.74, 6) is 2.13. The van der Waals surface area contributed by atoms with Crippen LogP contribution in [-0.4, -0.2) is 30.2 Å². The van der Waals surface area contributed by atoms with Crippen LogP contribution in [0.25, 0.3) is 0 Å². The molecule has 1 unspecified atom stereocenters. The fraction of sp³-hybridized carbons (Fsp3) is 0.333. The number of nitrogens with one attached hydrogen (secondary N) is 2. The Balaban J connectivity index is 1.96. The summed E-state index contributed by atoms with van der Waals surface area (Å²) in [6, 6.07) is 8.78. The number of carbonyl (C=O) groups excluding carboxylic acids is 1. The first-order chi connectivity index (χ1) is 8.79. The fourth-order valence-corrected chi connectivity index (χ4v) is 2.51. The van der Waals surface area contributed by atoms with E-state index in [-0.39, 0.29) is 18.6 Å². The average molecular weight is 263 g/mol. The molecule has 2 N–H and O–H groups in total. The van der Waals surface area contributed by atoms with Gasteiger partial charge < -0.3 is 10.1 Å². The van der Waals surface area contributed by atoms with E-state index in [1.807, 2.05) is 6.07 Å². The summed E-state index contributed by atoms with van der Waals surface area (Å²) in [6.07, 6.45) is 0. The first-order valence-electron chi connectivity index (χ1n) is 5.51. The molecule has 18 heavy (non-hydrogen) atoms. The highest BCUT2D eigenvalue weighted by molar-refractivity contribution is 7.99. The second-order valence-corrected chi connectivity index (χ2v) is 4.77. The lowest BCUT2D eigenvalue weighted by Crippen LogP contribution is -2.37. The van der Waals surface area contributed by atoms with Crippen molar-refractivity contribution in [1.82, 2.24) is 5.32 Å². The molecule has 1 heterocycles. The molecule has 1 fully saturated rings. The van der Waals surface area contributed by atoms with Crippen LogP contribution in [0, 0.1) is 11.3 Å². The molecular formula is C12H13N3O2S. The molecule has 0 saturated carbocycles. The zero-order valence-corrected chi connectivity index (χ0v) is 10.5. The first kappa shape index (κ1) is 12.7. The molecule has 2 rings (SSSR count). The minimum absolute atomic E-state index is 0.00177. The van der Waals surface area contributed by atoms with Gasteiger partial charge in [-0.25, -0.2) is 0 Å². The van der Waals surface area contributed by atoms with Gasteiger partial charge in [0.25, 0.3) is 0 Å². The van der Waals surface area contributed by atoms with Crippen LogP contribution < -0.4 is 15.4 Å². The lowest BCUT2D eigenvalue weighted by atomic mass is 10.2. The molecule has 1 aromatic rings. The third-order valence-electron chi connectivity index (χ3n) is 2.44. The van der Waals surface area contributed by atoms with Crippen molar-refractivity contribution >= 4 is 23.4 Å². The van der Waals surface area contributed by atoms with Gasteiger partial charge in [0.15, 0.2) is 6.61 Å². The van der Waals surface area contributed by atoms with Gasteiger partial charge in [0.2, 0.25) is 5.91 Å². The lowest BCUT2D eigenvalue weighted by Gasteiger charge is -2.11. The maximum atomic E-state index is 11.9. The Morgan fingerprint density at radius 3 is 3.28 bits per heavy atom. The van der Waals surface area contributed by atoms with Crippen LogP contribution in [0.3, 0.4) is 0 Å². The van der Waals surface area contributed by atoms with Crippen LogP contribution >= 0.6 is 11.8 Å². The summed E-state index contributed by atoms with van der Waals surface area (Å²) in [6.45, 7) is -0.00177. The summed E-state index contributed by atoms with van der Waals surface area (Å²) in [4.78, 5) is 11.9. The molecule has 6 heteroatoms. The van der Waals surface area contributed by atoms with Crippen LogP contribution in [0.5, 0.6) is 5.75 Å². The predicted octanol–water partition coefficient (Wildman–Crippen LogP) is 1.19. The van der Waals surface area contributed by atoms with Crippen molar-refractivity contribution in [3.05, 3.63) is 24.3 Å². The monoisotopic (exact) mass is 263 g/mol. The summed E-state index contributed by atoms with van der Waals surface area (Å²) in [5, 5.41) is 14.4. The second kappa shape index (κ2) is 6.28. The molecule has 0 radical (unpaired) electrons. The molecule has 5 nitrogen and oxygen atoms in total. The quantitative estimate of drug-likeness (QED) is 0.853. The van der Waals surface area contributed by atoms with Crippen molar-refractivity contribution in [2.45, 2.75) is 6.04 Å². The molecule has 1 aliphatic heterocycles. The molecule has 0 spiro atoms. The molecule has 1 amide bonds. The molecule has 1 atom stereocenters. The van der Waals surface area contributed by atoms with Gasteiger partial charge in [-0.05, 0) is 12.1 Å². The number of thioether (sulfide) groups is 1. The van der Waals surface area contributed by atoms with E-state index in [0.29, 0.717) is 11.4 Å². The Hall–Kier alpha value is -1.71. The summed E-state index contributed by atoms with van der Waals surface area (Å²) in [5.41, 5.74) is 0.675. The molecule has 0 bridgehead atoms. The van der Waals surface area contributed by atoms with E-state index < -0.39 is 0 Å². The van der Waals surface area contributed by atoms with Crippen LogP contribution in [0.4, 0.5) is 5.69 Å².